The van der Waals surface area contributed by atoms with Gasteiger partial charge in [-0.2, -0.15) is 5.26 Å². The molecule has 0 rings (SSSR count). The number of unbranched alkanes of at least 4 members (excludes halogenated alkanes) is 9. The van der Waals surface area contributed by atoms with Crippen molar-refractivity contribution in [1.29, 1.82) is 0 Å². The quantitative estimate of drug-likeness (QED) is 0.102. The van der Waals surface area contributed by atoms with E-state index in [-0.39, 0.29) is 13.0 Å². The van der Waals surface area contributed by atoms with Gasteiger partial charge >= 0.3 is 5.97 Å². The van der Waals surface area contributed by atoms with Crippen molar-refractivity contribution in [2.24, 2.45) is 0 Å². The third-order valence-corrected chi connectivity index (χ3v) is 4.66. The number of aliphatic hydroxyl groups is 6. The van der Waals surface area contributed by atoms with Gasteiger partial charge in [-0.15, -0.1) is 0 Å². The monoisotopic (exact) mass is 396 g/mol. The van der Waals surface area contributed by atoms with Crippen molar-refractivity contribution >= 4 is 5.97 Å². The molecule has 27 heavy (non-hydrogen) atoms. The number of rotatable bonds is 17. The van der Waals surface area contributed by atoms with Crippen molar-refractivity contribution in [3.05, 3.63) is 0 Å². The van der Waals surface area contributed by atoms with Gasteiger partial charge in [0.05, 0.1) is 6.10 Å². The van der Waals surface area contributed by atoms with Crippen molar-refractivity contribution in [1.82, 2.24) is 0 Å². The molecule has 0 spiro atoms. The van der Waals surface area contributed by atoms with Gasteiger partial charge in [-0.25, -0.2) is 4.79 Å². The number of aliphatic hydroxyl groups excluding tert-OH is 6. The molecule has 5 unspecified atom stereocenters. The first-order valence-corrected chi connectivity index (χ1v) is 9.73. The fourth-order valence-electron chi connectivity index (χ4n) is 2.86. The van der Waals surface area contributed by atoms with E-state index in [9.17, 15) is 30.3 Å². The summed E-state index contributed by atoms with van der Waals surface area (Å²) in [5.41, 5.74) is 0. The summed E-state index contributed by atoms with van der Waals surface area (Å²) in [7, 11) is 0. The average molecular weight is 396 g/mol. The lowest BCUT2D eigenvalue weighted by molar-refractivity contribution is -0.249. The van der Waals surface area contributed by atoms with E-state index in [2.05, 4.69) is 4.89 Å². The van der Waals surface area contributed by atoms with E-state index in [4.69, 9.17) is 10.4 Å². The maximum atomic E-state index is 10.9. The number of hydrogen-bond donors (Lipinski definition) is 7. The Balaban J connectivity index is 3.82. The molecule has 7 N–H and O–H groups in total. The van der Waals surface area contributed by atoms with Crippen LogP contribution in [0.4, 0.5) is 0 Å². The van der Waals surface area contributed by atoms with E-state index >= 15 is 0 Å². The lowest BCUT2D eigenvalue weighted by atomic mass is 9.96. The minimum Gasteiger partial charge on any atom is -0.396 e. The molecule has 162 valence electrons. The van der Waals surface area contributed by atoms with Crippen LogP contribution in [-0.4, -0.2) is 79.0 Å². The molecule has 0 aromatic heterocycles. The van der Waals surface area contributed by atoms with Crippen LogP contribution in [0.3, 0.4) is 0 Å². The first-order chi connectivity index (χ1) is 12.9. The summed E-state index contributed by atoms with van der Waals surface area (Å²) in [4.78, 5) is 14.1. The Kier molecular flexibility index (Phi) is 15.7. The predicted molar refractivity (Wildman–Crippen MR) is 96.6 cm³/mol. The average Bonchev–Trinajstić information content (AvgIpc) is 2.68. The second-order valence-electron chi connectivity index (χ2n) is 6.94. The van der Waals surface area contributed by atoms with E-state index < -0.39 is 36.5 Å². The molecule has 0 aromatic rings. The molecule has 0 saturated heterocycles. The Hall–Kier alpha value is -0.810. The topological polar surface area (TPSA) is 168 Å². The van der Waals surface area contributed by atoms with E-state index in [1.54, 1.807) is 0 Å². The summed E-state index contributed by atoms with van der Waals surface area (Å²) in [6.45, 7) is 0.256. The molecule has 0 saturated carbocycles. The largest absolute Gasteiger partial charge is 0.396 e. The SMILES string of the molecule is O=C(OO)C(O)C(O)C(O)C(O)C(O)CCCCCCCCCCCCO. The van der Waals surface area contributed by atoms with Crippen LogP contribution in [-0.2, 0) is 9.68 Å². The lowest BCUT2D eigenvalue weighted by Crippen LogP contribution is -2.51. The highest BCUT2D eigenvalue weighted by Crippen LogP contribution is 2.16. The zero-order valence-corrected chi connectivity index (χ0v) is 15.8. The highest BCUT2D eigenvalue weighted by molar-refractivity contribution is 5.74. The first-order valence-electron chi connectivity index (χ1n) is 9.73. The molecular formula is C18H36O9. The predicted octanol–water partition coefficient (Wildman–Crippen LogP) is 0.0905. The van der Waals surface area contributed by atoms with Crippen LogP contribution in [0.1, 0.15) is 70.6 Å². The first kappa shape index (κ1) is 26.2. The third-order valence-electron chi connectivity index (χ3n) is 4.66. The van der Waals surface area contributed by atoms with Gasteiger partial charge in [-0.1, -0.05) is 57.8 Å². The summed E-state index contributed by atoms with van der Waals surface area (Å²) in [5.74, 6) is -1.57. The van der Waals surface area contributed by atoms with Crippen LogP contribution in [0.2, 0.25) is 0 Å². The minimum absolute atomic E-state index is 0.201. The minimum atomic E-state index is -2.24. The Morgan fingerprint density at radius 3 is 1.56 bits per heavy atom. The van der Waals surface area contributed by atoms with Gasteiger partial charge in [0.15, 0.2) is 6.10 Å². The molecule has 0 heterocycles. The Labute approximate surface area is 160 Å². The fraction of sp³-hybridized carbons (Fsp3) is 0.944. The van der Waals surface area contributed by atoms with Crippen molar-refractivity contribution in [2.75, 3.05) is 6.61 Å². The van der Waals surface area contributed by atoms with Crippen molar-refractivity contribution in [3.63, 3.8) is 0 Å². The summed E-state index contributed by atoms with van der Waals surface area (Å²) in [6, 6.07) is 0. The highest BCUT2D eigenvalue weighted by Gasteiger charge is 2.38. The molecule has 0 fully saturated rings. The molecule has 0 aromatic carbocycles. The molecule has 9 heteroatoms. The van der Waals surface area contributed by atoms with Crippen molar-refractivity contribution in [2.45, 2.75) is 101 Å². The molecular weight excluding hydrogens is 360 g/mol. The molecule has 5 atom stereocenters. The van der Waals surface area contributed by atoms with Crippen LogP contribution < -0.4 is 0 Å². The van der Waals surface area contributed by atoms with Crippen molar-refractivity contribution in [3.8, 4) is 0 Å². The van der Waals surface area contributed by atoms with Gasteiger partial charge in [-0.3, -0.25) is 4.89 Å². The summed E-state index contributed by atoms with van der Waals surface area (Å²) in [5, 5.41) is 65.1. The molecule has 0 amide bonds. The highest BCUT2D eigenvalue weighted by atomic mass is 17.1. The van der Waals surface area contributed by atoms with Crippen LogP contribution in [0.25, 0.3) is 0 Å². The summed E-state index contributed by atoms with van der Waals surface area (Å²) in [6.07, 6.45) is 0.896. The van der Waals surface area contributed by atoms with Crippen LogP contribution in [0, 0.1) is 0 Å². The van der Waals surface area contributed by atoms with Gasteiger partial charge in [0.25, 0.3) is 0 Å². The number of hydrogen-bond acceptors (Lipinski definition) is 9. The number of carbonyl (C=O) groups excluding carboxylic acids is 1. The maximum Gasteiger partial charge on any atom is 0.373 e. The lowest BCUT2D eigenvalue weighted by Gasteiger charge is -2.27. The standard InChI is InChI=1S/C18H36O9/c19-12-10-8-6-4-2-1-3-5-7-9-11-13(20)14(21)15(22)16(23)17(24)18(25)27-26/h13-17,19-24,26H,1-12H2. The zero-order valence-electron chi connectivity index (χ0n) is 15.8. The van der Waals surface area contributed by atoms with Crippen LogP contribution in [0.5, 0.6) is 0 Å². The van der Waals surface area contributed by atoms with E-state index in [1.165, 1.54) is 6.42 Å². The van der Waals surface area contributed by atoms with E-state index in [0.29, 0.717) is 6.42 Å². The Morgan fingerprint density at radius 2 is 1.11 bits per heavy atom. The normalized spacial score (nSPS) is 17.1. The molecule has 0 aliphatic rings. The van der Waals surface area contributed by atoms with Gasteiger partial charge in [0.1, 0.15) is 18.3 Å². The van der Waals surface area contributed by atoms with Crippen LogP contribution >= 0.6 is 0 Å². The Morgan fingerprint density at radius 1 is 0.667 bits per heavy atom. The maximum absolute atomic E-state index is 10.9. The molecule has 0 aliphatic heterocycles. The molecule has 0 aliphatic carbocycles. The second kappa shape index (κ2) is 16.2. The van der Waals surface area contributed by atoms with Gasteiger partial charge in [0, 0.05) is 6.61 Å². The van der Waals surface area contributed by atoms with Gasteiger partial charge in [0.2, 0.25) is 0 Å². The van der Waals surface area contributed by atoms with Gasteiger partial charge < -0.3 is 30.6 Å². The molecule has 0 bridgehead atoms. The third kappa shape index (κ3) is 11.6. The van der Waals surface area contributed by atoms with E-state index in [1.807, 2.05) is 0 Å². The van der Waals surface area contributed by atoms with Gasteiger partial charge in [-0.05, 0) is 12.8 Å². The molecule has 9 nitrogen and oxygen atoms in total. The van der Waals surface area contributed by atoms with E-state index in [0.717, 1.165) is 51.4 Å². The Bertz CT molecular complexity index is 367. The fourth-order valence-corrected chi connectivity index (χ4v) is 2.86. The van der Waals surface area contributed by atoms with Crippen LogP contribution in [0.15, 0.2) is 0 Å². The number of carbonyl (C=O) groups is 1. The van der Waals surface area contributed by atoms with Crippen molar-refractivity contribution < 1.29 is 45.6 Å². The smallest absolute Gasteiger partial charge is 0.373 e. The zero-order chi connectivity index (χ0) is 20.7. The second-order valence-corrected chi connectivity index (χ2v) is 6.94. The molecule has 0 radical (unpaired) electrons. The summed E-state index contributed by atoms with van der Waals surface area (Å²) >= 11 is 0. The summed E-state index contributed by atoms with van der Waals surface area (Å²) < 4.78 is 0.